The van der Waals surface area contributed by atoms with Crippen molar-refractivity contribution in [1.29, 1.82) is 0 Å². The van der Waals surface area contributed by atoms with Gasteiger partial charge in [0.2, 0.25) is 0 Å². The second-order valence-corrected chi connectivity index (χ2v) is 6.62. The number of hydrogen-bond donors (Lipinski definition) is 2. The molecule has 0 spiro atoms. The Hall–Kier alpha value is -0.860. The zero-order chi connectivity index (χ0) is 19.2. The van der Waals surface area contributed by atoms with Crippen LogP contribution in [0.4, 0.5) is 0 Å². The summed E-state index contributed by atoms with van der Waals surface area (Å²) in [6.45, 7) is 10.5. The maximum Gasteiger partial charge on any atom is 0.191 e. The standard InChI is InChI=1S/C21H38N4O.HI/c1-6-18-11-13-19(14-12-18)20(25(4)5)17-24-21(22-7-2)23-15-9-10-16-26-8-3;/h11-14,20H,6-10,15-17H2,1-5H3,(H2,22,23,24);1H. The Morgan fingerprint density at radius 3 is 2.33 bits per heavy atom. The zero-order valence-electron chi connectivity index (χ0n) is 17.8. The largest absolute Gasteiger partial charge is 0.382 e. The number of likely N-dealkylation sites (N-methyl/N-ethyl adjacent to an activating group) is 1. The molecule has 0 aliphatic heterocycles. The summed E-state index contributed by atoms with van der Waals surface area (Å²) in [5.74, 6) is 0.890. The van der Waals surface area contributed by atoms with Gasteiger partial charge in [0.15, 0.2) is 5.96 Å². The van der Waals surface area contributed by atoms with Gasteiger partial charge in [-0.1, -0.05) is 31.2 Å². The Kier molecular flexibility index (Phi) is 15.6. The van der Waals surface area contributed by atoms with Crippen LogP contribution in [0.3, 0.4) is 0 Å². The van der Waals surface area contributed by atoms with Crippen LogP contribution in [0.15, 0.2) is 29.3 Å². The van der Waals surface area contributed by atoms with E-state index in [1.165, 1.54) is 11.1 Å². The fourth-order valence-electron chi connectivity index (χ4n) is 2.74. The molecule has 2 N–H and O–H groups in total. The van der Waals surface area contributed by atoms with Crippen molar-refractivity contribution in [2.75, 3.05) is 46.9 Å². The number of halogens is 1. The lowest BCUT2D eigenvalue weighted by Gasteiger charge is -2.24. The van der Waals surface area contributed by atoms with E-state index in [9.17, 15) is 0 Å². The quantitative estimate of drug-likeness (QED) is 0.202. The minimum Gasteiger partial charge on any atom is -0.382 e. The number of nitrogens with zero attached hydrogens (tertiary/aromatic N) is 2. The lowest BCUT2D eigenvalue weighted by Crippen LogP contribution is -2.38. The number of rotatable bonds is 12. The van der Waals surface area contributed by atoms with Crippen LogP contribution in [0, 0.1) is 0 Å². The first-order chi connectivity index (χ1) is 12.6. The molecule has 5 nitrogen and oxygen atoms in total. The third-order valence-corrected chi connectivity index (χ3v) is 4.37. The number of guanidine groups is 1. The van der Waals surface area contributed by atoms with Crippen LogP contribution >= 0.6 is 24.0 Å². The molecule has 0 aromatic heterocycles. The molecule has 0 fully saturated rings. The molecule has 0 bridgehead atoms. The molecule has 0 radical (unpaired) electrons. The van der Waals surface area contributed by atoms with Gasteiger partial charge >= 0.3 is 0 Å². The number of hydrogen-bond acceptors (Lipinski definition) is 3. The molecule has 6 heteroatoms. The molecule has 0 heterocycles. The molecule has 0 aliphatic carbocycles. The average Bonchev–Trinajstić information content (AvgIpc) is 2.64. The molecule has 0 amide bonds. The van der Waals surface area contributed by atoms with Gasteiger partial charge in [-0.05, 0) is 58.3 Å². The van der Waals surface area contributed by atoms with Crippen molar-refractivity contribution in [3.63, 3.8) is 0 Å². The molecule has 1 atom stereocenters. The minimum atomic E-state index is 0. The third kappa shape index (κ3) is 10.9. The Balaban J connectivity index is 0.00000676. The summed E-state index contributed by atoms with van der Waals surface area (Å²) in [4.78, 5) is 7.04. The number of aliphatic imine (C=N–C) groups is 1. The molecule has 1 unspecified atom stereocenters. The first kappa shape index (κ1) is 26.1. The van der Waals surface area contributed by atoms with Gasteiger partial charge in [0.25, 0.3) is 0 Å². The minimum absolute atomic E-state index is 0. The van der Waals surface area contributed by atoms with Gasteiger partial charge in [0.1, 0.15) is 0 Å². The van der Waals surface area contributed by atoms with E-state index in [1.54, 1.807) is 0 Å². The number of benzene rings is 1. The van der Waals surface area contributed by atoms with Gasteiger partial charge in [0, 0.05) is 26.3 Å². The van der Waals surface area contributed by atoms with Crippen LogP contribution in [-0.4, -0.2) is 57.8 Å². The van der Waals surface area contributed by atoms with Crippen LogP contribution in [0.1, 0.15) is 50.8 Å². The van der Waals surface area contributed by atoms with E-state index in [0.29, 0.717) is 0 Å². The second kappa shape index (κ2) is 16.1. The molecule has 1 aromatic rings. The maximum absolute atomic E-state index is 5.38. The summed E-state index contributed by atoms with van der Waals surface area (Å²) >= 11 is 0. The Morgan fingerprint density at radius 2 is 1.78 bits per heavy atom. The number of unbranched alkanes of at least 4 members (excludes halogenated alkanes) is 1. The van der Waals surface area contributed by atoms with Crippen LogP contribution < -0.4 is 10.6 Å². The normalized spacial score (nSPS) is 12.6. The molecular weight excluding hydrogens is 451 g/mol. The predicted octanol–water partition coefficient (Wildman–Crippen LogP) is 3.84. The fraction of sp³-hybridized carbons (Fsp3) is 0.667. The van der Waals surface area contributed by atoms with E-state index in [2.05, 4.69) is 67.7 Å². The molecule has 0 saturated carbocycles. The van der Waals surface area contributed by atoms with E-state index < -0.39 is 0 Å². The van der Waals surface area contributed by atoms with Crippen LogP contribution in [0.5, 0.6) is 0 Å². The fourth-order valence-corrected chi connectivity index (χ4v) is 2.74. The highest BCUT2D eigenvalue weighted by Crippen LogP contribution is 2.19. The highest BCUT2D eigenvalue weighted by atomic mass is 127. The molecular formula is C21H39IN4O. The number of aryl methyl sites for hydroxylation is 1. The first-order valence-corrected chi connectivity index (χ1v) is 9.97. The second-order valence-electron chi connectivity index (χ2n) is 6.62. The lowest BCUT2D eigenvalue weighted by atomic mass is 10.0. The van der Waals surface area contributed by atoms with Crippen molar-refractivity contribution in [3.05, 3.63) is 35.4 Å². The summed E-state index contributed by atoms with van der Waals surface area (Å²) in [6.07, 6.45) is 3.23. The molecule has 1 aromatic carbocycles. The monoisotopic (exact) mass is 490 g/mol. The Labute approximate surface area is 183 Å². The van der Waals surface area contributed by atoms with Crippen molar-refractivity contribution < 1.29 is 4.74 Å². The van der Waals surface area contributed by atoms with Gasteiger partial charge in [-0.2, -0.15) is 0 Å². The smallest absolute Gasteiger partial charge is 0.191 e. The SMILES string of the molecule is CCNC(=NCC(c1ccc(CC)cc1)N(C)C)NCCCCOCC.I. The average molecular weight is 490 g/mol. The topological polar surface area (TPSA) is 48.9 Å². The molecule has 0 saturated heterocycles. The number of nitrogens with one attached hydrogen (secondary N) is 2. The zero-order valence-corrected chi connectivity index (χ0v) is 20.1. The van der Waals surface area contributed by atoms with E-state index in [1.807, 2.05) is 6.92 Å². The summed E-state index contributed by atoms with van der Waals surface area (Å²) < 4.78 is 5.38. The lowest BCUT2D eigenvalue weighted by molar-refractivity contribution is 0.143. The van der Waals surface area contributed by atoms with Crippen molar-refractivity contribution in [3.8, 4) is 0 Å². The Morgan fingerprint density at radius 1 is 1.07 bits per heavy atom. The molecule has 0 aliphatic rings. The van der Waals surface area contributed by atoms with E-state index in [0.717, 1.165) is 58.1 Å². The van der Waals surface area contributed by atoms with Crippen molar-refractivity contribution >= 4 is 29.9 Å². The van der Waals surface area contributed by atoms with Gasteiger partial charge in [0.05, 0.1) is 12.6 Å². The summed E-state index contributed by atoms with van der Waals surface area (Å²) in [6, 6.07) is 9.17. The maximum atomic E-state index is 5.38. The number of ether oxygens (including phenoxy) is 1. The summed E-state index contributed by atoms with van der Waals surface area (Å²) in [7, 11) is 4.23. The van der Waals surface area contributed by atoms with Crippen molar-refractivity contribution in [2.45, 2.75) is 46.1 Å². The van der Waals surface area contributed by atoms with E-state index in [-0.39, 0.29) is 30.0 Å². The molecule has 156 valence electrons. The van der Waals surface area contributed by atoms with Crippen LogP contribution in [0.25, 0.3) is 0 Å². The van der Waals surface area contributed by atoms with Gasteiger partial charge in [-0.15, -0.1) is 24.0 Å². The Bertz CT molecular complexity index is 505. The van der Waals surface area contributed by atoms with Gasteiger partial charge in [-0.3, -0.25) is 4.99 Å². The van der Waals surface area contributed by atoms with Gasteiger partial charge in [-0.25, -0.2) is 0 Å². The van der Waals surface area contributed by atoms with Crippen molar-refractivity contribution in [1.82, 2.24) is 15.5 Å². The highest BCUT2D eigenvalue weighted by molar-refractivity contribution is 14.0. The predicted molar refractivity (Wildman–Crippen MR) is 127 cm³/mol. The van der Waals surface area contributed by atoms with Gasteiger partial charge < -0.3 is 20.3 Å². The third-order valence-electron chi connectivity index (χ3n) is 4.37. The van der Waals surface area contributed by atoms with Crippen molar-refractivity contribution in [2.24, 2.45) is 4.99 Å². The van der Waals surface area contributed by atoms with Crippen LogP contribution in [0.2, 0.25) is 0 Å². The first-order valence-electron chi connectivity index (χ1n) is 9.97. The highest BCUT2D eigenvalue weighted by Gasteiger charge is 2.14. The molecule has 27 heavy (non-hydrogen) atoms. The van der Waals surface area contributed by atoms with Crippen LogP contribution in [-0.2, 0) is 11.2 Å². The summed E-state index contributed by atoms with van der Waals surface area (Å²) in [5, 5.41) is 6.76. The molecule has 1 rings (SSSR count). The van der Waals surface area contributed by atoms with E-state index >= 15 is 0 Å². The summed E-state index contributed by atoms with van der Waals surface area (Å²) in [5.41, 5.74) is 2.68. The van der Waals surface area contributed by atoms with E-state index in [4.69, 9.17) is 9.73 Å².